The molecule has 4 nitrogen and oxygen atoms in total. The smallest absolute Gasteiger partial charge is 0.150 e. The summed E-state index contributed by atoms with van der Waals surface area (Å²) in [5.41, 5.74) is 1.78. The van der Waals surface area contributed by atoms with Crippen LogP contribution in [0.15, 0.2) is 35.0 Å². The highest BCUT2D eigenvalue weighted by Crippen LogP contribution is 2.20. The molecule has 0 amide bonds. The minimum absolute atomic E-state index is 0.354. The molecule has 2 N–H and O–H groups in total. The van der Waals surface area contributed by atoms with Crippen molar-refractivity contribution in [2.24, 2.45) is 0 Å². The van der Waals surface area contributed by atoms with Gasteiger partial charge in [-0.2, -0.15) is 0 Å². The number of hydrogen-bond acceptors (Lipinski definition) is 4. The first-order valence-electron chi connectivity index (χ1n) is 5.15. The Labute approximate surface area is 93.9 Å². The van der Waals surface area contributed by atoms with Crippen LogP contribution in [0.1, 0.15) is 16.9 Å². The van der Waals surface area contributed by atoms with Gasteiger partial charge < -0.3 is 14.9 Å². The first-order chi connectivity index (χ1) is 7.77. The average molecular weight is 218 g/mol. The molecule has 0 aliphatic heterocycles. The lowest BCUT2D eigenvalue weighted by Crippen LogP contribution is -2.12. The van der Waals surface area contributed by atoms with Crippen molar-refractivity contribution < 1.29 is 9.63 Å². The van der Waals surface area contributed by atoms with Gasteiger partial charge in [-0.25, -0.2) is 0 Å². The number of phenolic OH excluding ortho intramolecular Hbond substituents is 1. The van der Waals surface area contributed by atoms with Gasteiger partial charge in [-0.05, 0) is 12.5 Å². The lowest BCUT2D eigenvalue weighted by Gasteiger charge is -2.07. The first kappa shape index (κ1) is 10.7. The maximum Gasteiger partial charge on any atom is 0.150 e. The number of hydrogen-bond donors (Lipinski definition) is 2. The van der Waals surface area contributed by atoms with Gasteiger partial charge in [-0.15, -0.1) is 0 Å². The quantitative estimate of drug-likeness (QED) is 0.823. The van der Waals surface area contributed by atoms with Gasteiger partial charge in [0.2, 0.25) is 0 Å². The van der Waals surface area contributed by atoms with Crippen LogP contribution >= 0.6 is 0 Å². The van der Waals surface area contributed by atoms with E-state index in [1.54, 1.807) is 6.20 Å². The molecule has 0 atom stereocenters. The monoisotopic (exact) mass is 218 g/mol. The molecule has 16 heavy (non-hydrogen) atoms. The summed E-state index contributed by atoms with van der Waals surface area (Å²) in [6.07, 6.45) is 1.61. The molecule has 0 spiro atoms. The molecule has 0 unspecified atom stereocenters. The Balaban J connectivity index is 1.92. The summed E-state index contributed by atoms with van der Waals surface area (Å²) in [4.78, 5) is 0. The van der Waals surface area contributed by atoms with Gasteiger partial charge >= 0.3 is 0 Å². The van der Waals surface area contributed by atoms with E-state index in [9.17, 15) is 5.11 Å². The Morgan fingerprint density at radius 2 is 2.19 bits per heavy atom. The van der Waals surface area contributed by atoms with E-state index >= 15 is 0 Å². The van der Waals surface area contributed by atoms with Crippen molar-refractivity contribution in [3.05, 3.63) is 47.3 Å². The third-order valence-corrected chi connectivity index (χ3v) is 2.43. The molecule has 0 aliphatic rings. The Hall–Kier alpha value is -1.81. The molecule has 0 radical (unpaired) electrons. The second-order valence-corrected chi connectivity index (χ2v) is 3.66. The van der Waals surface area contributed by atoms with Crippen molar-refractivity contribution in [1.29, 1.82) is 0 Å². The minimum atomic E-state index is 0.354. The van der Waals surface area contributed by atoms with Crippen molar-refractivity contribution in [2.75, 3.05) is 0 Å². The van der Waals surface area contributed by atoms with E-state index in [0.29, 0.717) is 18.8 Å². The molecule has 0 saturated heterocycles. The van der Waals surface area contributed by atoms with Crippen LogP contribution in [0.2, 0.25) is 0 Å². The number of aryl methyl sites for hydroxylation is 1. The molecule has 1 heterocycles. The van der Waals surface area contributed by atoms with E-state index in [1.165, 1.54) is 0 Å². The molecule has 84 valence electrons. The summed E-state index contributed by atoms with van der Waals surface area (Å²) in [6.45, 7) is 3.09. The van der Waals surface area contributed by atoms with Crippen LogP contribution in [-0.2, 0) is 13.1 Å². The number of rotatable bonds is 4. The molecule has 0 fully saturated rings. The normalized spacial score (nSPS) is 10.6. The Morgan fingerprint density at radius 1 is 1.31 bits per heavy atom. The predicted molar refractivity (Wildman–Crippen MR) is 59.9 cm³/mol. The molecular formula is C12H14N2O2. The number of benzene rings is 1. The van der Waals surface area contributed by atoms with E-state index in [-0.39, 0.29) is 0 Å². The molecule has 1 aromatic carbocycles. The van der Waals surface area contributed by atoms with E-state index in [1.807, 2.05) is 31.2 Å². The summed E-state index contributed by atoms with van der Waals surface area (Å²) >= 11 is 0. The fraction of sp³-hybridized carbons (Fsp3) is 0.250. The van der Waals surface area contributed by atoms with Gasteiger partial charge in [0.1, 0.15) is 11.5 Å². The number of nitrogens with one attached hydrogen (secondary N) is 1. The average Bonchev–Trinajstić information content (AvgIpc) is 2.77. The van der Waals surface area contributed by atoms with Crippen molar-refractivity contribution in [3.63, 3.8) is 0 Å². The van der Waals surface area contributed by atoms with Crippen LogP contribution in [0.25, 0.3) is 0 Å². The SMILES string of the molecule is Cc1cccc(CNCc2ccno2)c1O. The van der Waals surface area contributed by atoms with Crippen molar-refractivity contribution in [3.8, 4) is 5.75 Å². The van der Waals surface area contributed by atoms with Crippen LogP contribution in [0.3, 0.4) is 0 Å². The third kappa shape index (κ3) is 2.41. The number of aromatic hydroxyl groups is 1. The van der Waals surface area contributed by atoms with Gasteiger partial charge in [-0.3, -0.25) is 0 Å². The molecule has 2 rings (SSSR count). The van der Waals surface area contributed by atoms with Crippen molar-refractivity contribution in [1.82, 2.24) is 10.5 Å². The van der Waals surface area contributed by atoms with Gasteiger partial charge in [0, 0.05) is 18.2 Å². The maximum atomic E-state index is 9.78. The second-order valence-electron chi connectivity index (χ2n) is 3.66. The number of para-hydroxylation sites is 1. The number of phenols is 1. The summed E-state index contributed by atoms with van der Waals surface area (Å²) in [6, 6.07) is 7.52. The van der Waals surface area contributed by atoms with Crippen LogP contribution in [0, 0.1) is 6.92 Å². The minimum Gasteiger partial charge on any atom is -0.507 e. The van der Waals surface area contributed by atoms with Crippen LogP contribution in [0.5, 0.6) is 5.75 Å². The molecule has 1 aromatic heterocycles. The summed E-state index contributed by atoms with van der Waals surface area (Å²) in [7, 11) is 0. The lowest BCUT2D eigenvalue weighted by molar-refractivity contribution is 0.372. The molecule has 0 saturated carbocycles. The molecule has 2 aromatic rings. The predicted octanol–water partition coefficient (Wildman–Crippen LogP) is 1.98. The zero-order chi connectivity index (χ0) is 11.4. The fourth-order valence-corrected chi connectivity index (χ4v) is 1.52. The Kier molecular flexibility index (Phi) is 3.22. The summed E-state index contributed by atoms with van der Waals surface area (Å²) < 4.78 is 4.95. The highest BCUT2D eigenvalue weighted by molar-refractivity contribution is 5.39. The second kappa shape index (κ2) is 4.81. The molecular weight excluding hydrogens is 204 g/mol. The summed E-state index contributed by atoms with van der Waals surface area (Å²) in [5.74, 6) is 1.14. The number of nitrogens with zero attached hydrogens (tertiary/aromatic N) is 1. The topological polar surface area (TPSA) is 58.3 Å². The van der Waals surface area contributed by atoms with E-state index in [4.69, 9.17) is 4.52 Å². The molecule has 0 bridgehead atoms. The Bertz CT molecular complexity index is 452. The van der Waals surface area contributed by atoms with Crippen molar-refractivity contribution >= 4 is 0 Å². The number of aromatic nitrogens is 1. The van der Waals surface area contributed by atoms with Crippen LogP contribution < -0.4 is 5.32 Å². The van der Waals surface area contributed by atoms with Gasteiger partial charge in [-0.1, -0.05) is 23.4 Å². The zero-order valence-corrected chi connectivity index (χ0v) is 9.10. The first-order valence-corrected chi connectivity index (χ1v) is 5.15. The maximum absolute atomic E-state index is 9.78. The third-order valence-electron chi connectivity index (χ3n) is 2.43. The van der Waals surface area contributed by atoms with E-state index in [2.05, 4.69) is 10.5 Å². The Morgan fingerprint density at radius 3 is 2.94 bits per heavy atom. The van der Waals surface area contributed by atoms with E-state index in [0.717, 1.165) is 16.9 Å². The standard InChI is InChI=1S/C12H14N2O2/c1-9-3-2-4-10(12(9)15)7-13-8-11-5-6-14-16-11/h2-6,13,15H,7-8H2,1H3. The summed E-state index contributed by atoms with van der Waals surface area (Å²) in [5, 5.41) is 16.6. The molecule has 4 heteroatoms. The highest BCUT2D eigenvalue weighted by Gasteiger charge is 2.03. The van der Waals surface area contributed by atoms with E-state index < -0.39 is 0 Å². The molecule has 0 aliphatic carbocycles. The lowest BCUT2D eigenvalue weighted by atomic mass is 10.1. The van der Waals surface area contributed by atoms with Crippen LogP contribution in [0.4, 0.5) is 0 Å². The van der Waals surface area contributed by atoms with Gasteiger partial charge in [0.05, 0.1) is 12.7 Å². The highest BCUT2D eigenvalue weighted by atomic mass is 16.5. The largest absolute Gasteiger partial charge is 0.507 e. The zero-order valence-electron chi connectivity index (χ0n) is 9.10. The fourth-order valence-electron chi connectivity index (χ4n) is 1.52. The van der Waals surface area contributed by atoms with Gasteiger partial charge in [0.15, 0.2) is 0 Å². The van der Waals surface area contributed by atoms with Crippen molar-refractivity contribution in [2.45, 2.75) is 20.0 Å². The van der Waals surface area contributed by atoms with Crippen LogP contribution in [-0.4, -0.2) is 10.3 Å². The van der Waals surface area contributed by atoms with Gasteiger partial charge in [0.25, 0.3) is 0 Å².